The van der Waals surface area contributed by atoms with Crippen LogP contribution in [0.4, 0.5) is 0 Å². The Labute approximate surface area is 71.9 Å². The second-order valence-electron chi connectivity index (χ2n) is 2.29. The molecule has 0 unspecified atom stereocenters. The van der Waals surface area contributed by atoms with Gasteiger partial charge in [0.25, 0.3) is 0 Å². The van der Waals surface area contributed by atoms with Crippen LogP contribution in [0.5, 0.6) is 0 Å². The Bertz CT molecular complexity index is 163. The first-order chi connectivity index (χ1) is 5.66. The van der Waals surface area contributed by atoms with Crippen molar-refractivity contribution >= 4 is 11.9 Å². The lowest BCUT2D eigenvalue weighted by Crippen LogP contribution is -2.43. The highest BCUT2D eigenvalue weighted by molar-refractivity contribution is 5.91. The lowest BCUT2D eigenvalue weighted by Gasteiger charge is -2.05. The summed E-state index contributed by atoms with van der Waals surface area (Å²) in [5.41, 5.74) is 15.7. The molecular formula is C6H16N6. The van der Waals surface area contributed by atoms with Crippen molar-refractivity contribution in [1.82, 2.24) is 10.9 Å². The standard InChI is InChI=1S/C6H16N6/c1-2-3-4-10-12-6(9)11-5(7)8/h10H,2-4H2,1H3,(H6,7,8,9,11,12). The summed E-state index contributed by atoms with van der Waals surface area (Å²) in [7, 11) is 0. The van der Waals surface area contributed by atoms with E-state index in [1.807, 2.05) is 0 Å². The average Bonchev–Trinajstić information content (AvgIpc) is 1.97. The molecule has 0 aromatic rings. The molecule has 0 bridgehead atoms. The maximum absolute atomic E-state index is 6.78. The fraction of sp³-hybridized carbons (Fsp3) is 0.667. The van der Waals surface area contributed by atoms with Crippen molar-refractivity contribution in [3.05, 3.63) is 0 Å². The van der Waals surface area contributed by atoms with Crippen LogP contribution in [0.15, 0.2) is 4.99 Å². The molecule has 0 aliphatic carbocycles. The minimum atomic E-state index is -0.308. The third-order valence-corrected chi connectivity index (χ3v) is 1.11. The predicted molar refractivity (Wildman–Crippen MR) is 49.6 cm³/mol. The maximum Gasteiger partial charge on any atom is 0.215 e. The molecule has 0 aliphatic heterocycles. The number of aliphatic imine (C=N–C) groups is 1. The molecule has 0 aromatic carbocycles. The maximum atomic E-state index is 6.78. The zero-order valence-corrected chi connectivity index (χ0v) is 7.22. The Morgan fingerprint density at radius 2 is 2.17 bits per heavy atom. The number of hydrazine groups is 1. The molecular weight excluding hydrogens is 156 g/mol. The number of hydrogen-bond donors (Lipinski definition) is 5. The van der Waals surface area contributed by atoms with Gasteiger partial charge in [0.15, 0.2) is 0 Å². The highest BCUT2D eigenvalue weighted by atomic mass is 15.4. The van der Waals surface area contributed by atoms with E-state index >= 15 is 0 Å². The molecule has 6 heteroatoms. The van der Waals surface area contributed by atoms with E-state index in [9.17, 15) is 0 Å². The zero-order valence-electron chi connectivity index (χ0n) is 7.22. The highest BCUT2D eigenvalue weighted by Crippen LogP contribution is 1.79. The van der Waals surface area contributed by atoms with Crippen LogP contribution in [0.25, 0.3) is 0 Å². The van der Waals surface area contributed by atoms with Gasteiger partial charge in [0.05, 0.1) is 0 Å². The minimum Gasteiger partial charge on any atom is -0.368 e. The second kappa shape index (κ2) is 6.41. The molecule has 7 N–H and O–H groups in total. The SMILES string of the molecule is CCCCNNC(N)=NC(=N)N. The van der Waals surface area contributed by atoms with Crippen molar-refractivity contribution in [3.8, 4) is 0 Å². The van der Waals surface area contributed by atoms with Gasteiger partial charge in [-0.25, -0.2) is 5.43 Å². The van der Waals surface area contributed by atoms with Gasteiger partial charge in [-0.15, -0.1) is 0 Å². The first-order valence-corrected chi connectivity index (χ1v) is 3.84. The van der Waals surface area contributed by atoms with Crippen molar-refractivity contribution < 1.29 is 0 Å². The van der Waals surface area contributed by atoms with Crippen molar-refractivity contribution in [2.24, 2.45) is 16.5 Å². The lowest BCUT2D eigenvalue weighted by atomic mass is 10.3. The third kappa shape index (κ3) is 6.81. The average molecular weight is 172 g/mol. The van der Waals surface area contributed by atoms with E-state index in [2.05, 4.69) is 22.8 Å². The van der Waals surface area contributed by atoms with Crippen molar-refractivity contribution in [3.63, 3.8) is 0 Å². The molecule has 0 atom stereocenters. The molecule has 0 saturated carbocycles. The van der Waals surface area contributed by atoms with Crippen LogP contribution in [0.1, 0.15) is 19.8 Å². The van der Waals surface area contributed by atoms with Crippen LogP contribution in [0.3, 0.4) is 0 Å². The van der Waals surface area contributed by atoms with Crippen LogP contribution < -0.4 is 22.3 Å². The summed E-state index contributed by atoms with van der Waals surface area (Å²) in [5.74, 6) is -0.198. The van der Waals surface area contributed by atoms with Crippen LogP contribution in [0, 0.1) is 5.41 Å². The largest absolute Gasteiger partial charge is 0.368 e. The number of guanidine groups is 2. The summed E-state index contributed by atoms with van der Waals surface area (Å²) in [6.07, 6.45) is 2.17. The van der Waals surface area contributed by atoms with E-state index < -0.39 is 0 Å². The Morgan fingerprint density at radius 1 is 1.50 bits per heavy atom. The first-order valence-electron chi connectivity index (χ1n) is 3.84. The number of unbranched alkanes of at least 4 members (excludes halogenated alkanes) is 1. The summed E-state index contributed by atoms with van der Waals surface area (Å²) in [5, 5.41) is 6.78. The van der Waals surface area contributed by atoms with Gasteiger partial charge >= 0.3 is 0 Å². The van der Waals surface area contributed by atoms with E-state index in [4.69, 9.17) is 16.9 Å². The van der Waals surface area contributed by atoms with Crippen molar-refractivity contribution in [2.75, 3.05) is 6.54 Å². The smallest absolute Gasteiger partial charge is 0.215 e. The number of nitrogens with one attached hydrogen (secondary N) is 3. The van der Waals surface area contributed by atoms with E-state index in [1.54, 1.807) is 0 Å². The molecule has 70 valence electrons. The molecule has 0 heterocycles. The number of rotatable bonds is 4. The Morgan fingerprint density at radius 3 is 2.67 bits per heavy atom. The molecule has 0 aromatic heterocycles. The topological polar surface area (TPSA) is 112 Å². The lowest BCUT2D eigenvalue weighted by molar-refractivity contribution is 0.610. The van der Waals surface area contributed by atoms with Gasteiger partial charge in [-0.3, -0.25) is 10.8 Å². The third-order valence-electron chi connectivity index (χ3n) is 1.11. The summed E-state index contributed by atoms with van der Waals surface area (Å²) < 4.78 is 0. The summed E-state index contributed by atoms with van der Waals surface area (Å²) >= 11 is 0. The van der Waals surface area contributed by atoms with Gasteiger partial charge in [-0.05, 0) is 6.42 Å². The van der Waals surface area contributed by atoms with Crippen molar-refractivity contribution in [2.45, 2.75) is 19.8 Å². The summed E-state index contributed by atoms with van der Waals surface area (Å²) in [6, 6.07) is 0. The minimum absolute atomic E-state index is 0.110. The van der Waals surface area contributed by atoms with Crippen LogP contribution >= 0.6 is 0 Å². The molecule has 0 spiro atoms. The van der Waals surface area contributed by atoms with Gasteiger partial charge in [-0.1, -0.05) is 13.3 Å². The molecule has 0 rings (SSSR count). The monoisotopic (exact) mass is 172 g/mol. The van der Waals surface area contributed by atoms with E-state index in [-0.39, 0.29) is 11.9 Å². The first kappa shape index (κ1) is 10.7. The molecule has 0 amide bonds. The Balaban J connectivity index is 3.43. The summed E-state index contributed by atoms with van der Waals surface area (Å²) in [4.78, 5) is 3.46. The highest BCUT2D eigenvalue weighted by Gasteiger charge is 1.89. The molecule has 6 nitrogen and oxygen atoms in total. The quantitative estimate of drug-likeness (QED) is 0.163. The fourth-order valence-electron chi connectivity index (χ4n) is 0.576. The van der Waals surface area contributed by atoms with Gasteiger partial charge in [0, 0.05) is 6.54 Å². The Kier molecular flexibility index (Phi) is 5.72. The molecule has 0 saturated heterocycles. The van der Waals surface area contributed by atoms with Gasteiger partial charge in [0.2, 0.25) is 11.9 Å². The number of hydrogen-bond acceptors (Lipinski definition) is 2. The second-order valence-corrected chi connectivity index (χ2v) is 2.29. The number of nitrogens with two attached hydrogens (primary N) is 2. The van der Waals surface area contributed by atoms with E-state index in [0.717, 1.165) is 19.4 Å². The van der Waals surface area contributed by atoms with Crippen LogP contribution in [0.2, 0.25) is 0 Å². The molecule has 0 fully saturated rings. The normalized spacial score (nSPS) is 11.2. The van der Waals surface area contributed by atoms with E-state index in [0.29, 0.717) is 0 Å². The Hall–Kier alpha value is -1.30. The number of nitrogens with zero attached hydrogens (tertiary/aromatic N) is 1. The van der Waals surface area contributed by atoms with Crippen LogP contribution in [-0.4, -0.2) is 18.5 Å². The molecule has 12 heavy (non-hydrogen) atoms. The van der Waals surface area contributed by atoms with Gasteiger partial charge < -0.3 is 11.5 Å². The van der Waals surface area contributed by atoms with Gasteiger partial charge in [-0.2, -0.15) is 4.99 Å². The van der Waals surface area contributed by atoms with Crippen LogP contribution in [-0.2, 0) is 0 Å². The van der Waals surface area contributed by atoms with Crippen molar-refractivity contribution in [1.29, 1.82) is 5.41 Å². The fourth-order valence-corrected chi connectivity index (χ4v) is 0.576. The van der Waals surface area contributed by atoms with E-state index in [1.165, 1.54) is 0 Å². The molecule has 0 aliphatic rings. The predicted octanol–water partition coefficient (Wildman–Crippen LogP) is -0.911. The van der Waals surface area contributed by atoms with Gasteiger partial charge in [0.1, 0.15) is 0 Å². The molecule has 0 radical (unpaired) electrons. The zero-order chi connectivity index (χ0) is 9.40. The summed E-state index contributed by atoms with van der Waals surface area (Å²) in [6.45, 7) is 2.90.